The molecule has 1 aromatic heterocycles. The molecule has 2 aromatic rings. The normalized spacial score (nSPS) is 11.5. The fourth-order valence-corrected chi connectivity index (χ4v) is 2.45. The van der Waals surface area contributed by atoms with Crippen LogP contribution in [0.15, 0.2) is 27.8 Å². The summed E-state index contributed by atoms with van der Waals surface area (Å²) < 4.78 is 53.1. The molecule has 0 spiro atoms. The molecule has 12 heteroatoms. The van der Waals surface area contributed by atoms with E-state index >= 15 is 0 Å². The topological polar surface area (TPSA) is 84.5 Å². The average Bonchev–Trinajstić information content (AvgIpc) is 2.51. The van der Waals surface area contributed by atoms with E-state index in [9.17, 15) is 31.9 Å². The number of rotatable bonds is 2. The Hall–Kier alpha value is -2.82. The number of carbonyl (C=O) groups is 1. The maximum Gasteiger partial charge on any atom is 0.431 e. The number of aromatic nitrogens is 2. The predicted octanol–water partition coefficient (Wildman–Crippen LogP) is 2.46. The minimum absolute atomic E-state index is 0.135. The van der Waals surface area contributed by atoms with Gasteiger partial charge >= 0.3 is 18.0 Å². The van der Waals surface area contributed by atoms with Crippen LogP contribution in [0, 0.1) is 5.82 Å². The van der Waals surface area contributed by atoms with E-state index in [0.29, 0.717) is 11.0 Å². The predicted molar refractivity (Wildman–Crippen MR) is 83.7 cm³/mol. The molecule has 1 heterocycles. The van der Waals surface area contributed by atoms with Gasteiger partial charge in [-0.3, -0.25) is 14.3 Å². The van der Waals surface area contributed by atoms with E-state index in [2.05, 4.69) is 0 Å². The van der Waals surface area contributed by atoms with Crippen LogP contribution in [0.3, 0.4) is 0 Å². The van der Waals surface area contributed by atoms with Gasteiger partial charge in [0, 0.05) is 20.2 Å². The van der Waals surface area contributed by atoms with Gasteiger partial charge in [-0.25, -0.2) is 18.5 Å². The summed E-state index contributed by atoms with van der Waals surface area (Å²) in [6.45, 7) is 0. The highest BCUT2D eigenvalue weighted by Gasteiger charge is 2.35. The second-order valence-electron chi connectivity index (χ2n) is 5.14. The molecule has 1 amide bonds. The van der Waals surface area contributed by atoms with Crippen LogP contribution in [0.5, 0.6) is 0 Å². The quantitative estimate of drug-likeness (QED) is 0.792. The number of alkyl halides is 3. The van der Waals surface area contributed by atoms with Gasteiger partial charge in [-0.05, 0) is 12.1 Å². The molecule has 0 unspecified atom stereocenters. The molecule has 0 bridgehead atoms. The van der Waals surface area contributed by atoms with Crippen LogP contribution < -0.4 is 16.1 Å². The summed E-state index contributed by atoms with van der Waals surface area (Å²) in [6, 6.07) is 1.56. The van der Waals surface area contributed by atoms with Crippen LogP contribution in [0.1, 0.15) is 5.69 Å². The zero-order valence-electron chi connectivity index (χ0n) is 13.1. The Bertz CT molecular complexity index is 1010. The van der Waals surface area contributed by atoms with Gasteiger partial charge in [0.15, 0.2) is 0 Å². The first-order chi connectivity index (χ1) is 11.9. The second kappa shape index (κ2) is 6.48. The van der Waals surface area contributed by atoms with Gasteiger partial charge in [0.25, 0.3) is 5.56 Å². The van der Waals surface area contributed by atoms with Gasteiger partial charge in [-0.15, -0.1) is 0 Å². The smallest absolute Gasteiger partial charge is 0.431 e. The summed E-state index contributed by atoms with van der Waals surface area (Å²) in [5.41, 5.74) is -5.43. The molecule has 0 aliphatic carbocycles. The van der Waals surface area contributed by atoms with Gasteiger partial charge in [0.1, 0.15) is 11.5 Å². The van der Waals surface area contributed by atoms with E-state index in [1.54, 1.807) is 0 Å². The van der Waals surface area contributed by atoms with Gasteiger partial charge < -0.3 is 5.11 Å². The highest BCUT2D eigenvalue weighted by atomic mass is 35.5. The number of carboxylic acid groups (broad SMARTS) is 1. The van der Waals surface area contributed by atoms with Crippen LogP contribution in [-0.2, 0) is 13.2 Å². The highest BCUT2D eigenvalue weighted by Crippen LogP contribution is 2.30. The zero-order valence-corrected chi connectivity index (χ0v) is 13.9. The molecule has 2 rings (SSSR count). The van der Waals surface area contributed by atoms with E-state index in [-0.39, 0.29) is 25.9 Å². The van der Waals surface area contributed by atoms with Gasteiger partial charge in [0.05, 0.1) is 16.4 Å². The maximum atomic E-state index is 14.2. The first-order valence-corrected chi connectivity index (χ1v) is 7.10. The summed E-state index contributed by atoms with van der Waals surface area (Å²) in [5.74, 6) is -1.20. The summed E-state index contributed by atoms with van der Waals surface area (Å²) in [6.07, 6.45) is -6.45. The number of benzene rings is 1. The van der Waals surface area contributed by atoms with Gasteiger partial charge in [0.2, 0.25) is 0 Å². The molecule has 26 heavy (non-hydrogen) atoms. The third kappa shape index (κ3) is 3.29. The van der Waals surface area contributed by atoms with Crippen molar-refractivity contribution in [2.45, 2.75) is 6.18 Å². The van der Waals surface area contributed by atoms with E-state index in [1.807, 2.05) is 0 Å². The number of halogens is 5. The molecule has 0 fully saturated rings. The summed E-state index contributed by atoms with van der Waals surface area (Å²) >= 11 is 5.76. The Morgan fingerprint density at radius 2 is 1.81 bits per heavy atom. The molecule has 7 nitrogen and oxygen atoms in total. The number of anilines is 1. The second-order valence-corrected chi connectivity index (χ2v) is 5.55. The minimum atomic E-state index is -4.97. The highest BCUT2D eigenvalue weighted by molar-refractivity contribution is 6.33. The average molecular weight is 396 g/mol. The third-order valence-electron chi connectivity index (χ3n) is 3.52. The maximum absolute atomic E-state index is 14.2. The molecule has 1 N–H and O–H groups in total. The van der Waals surface area contributed by atoms with Crippen molar-refractivity contribution in [2.75, 3.05) is 11.9 Å². The van der Waals surface area contributed by atoms with E-state index in [1.165, 1.54) is 0 Å². The molecule has 0 aliphatic rings. The molecule has 0 aliphatic heterocycles. The monoisotopic (exact) mass is 395 g/mol. The van der Waals surface area contributed by atoms with Crippen molar-refractivity contribution in [3.63, 3.8) is 0 Å². The fourth-order valence-electron chi connectivity index (χ4n) is 2.18. The fraction of sp³-hybridized carbons (Fsp3) is 0.214. The Morgan fingerprint density at radius 3 is 2.31 bits per heavy atom. The Balaban J connectivity index is 2.84. The largest absolute Gasteiger partial charge is 0.465 e. The van der Waals surface area contributed by atoms with Crippen molar-refractivity contribution in [2.24, 2.45) is 7.05 Å². The molecule has 0 saturated heterocycles. The minimum Gasteiger partial charge on any atom is -0.465 e. The lowest BCUT2D eigenvalue weighted by Gasteiger charge is -2.18. The summed E-state index contributed by atoms with van der Waals surface area (Å²) in [7, 11) is 1.83. The van der Waals surface area contributed by atoms with Crippen LogP contribution in [0.2, 0.25) is 5.02 Å². The van der Waals surface area contributed by atoms with Crippen LogP contribution >= 0.6 is 11.6 Å². The SMILES string of the molecule is CN(C(=O)O)c1cc(-n2c(=O)cc(C(F)(F)F)n(C)c2=O)c(F)cc1Cl. The van der Waals surface area contributed by atoms with E-state index < -0.39 is 40.7 Å². The van der Waals surface area contributed by atoms with Crippen LogP contribution in [0.4, 0.5) is 28.0 Å². The first-order valence-electron chi connectivity index (χ1n) is 6.72. The van der Waals surface area contributed by atoms with Crippen molar-refractivity contribution in [3.8, 4) is 5.69 Å². The lowest BCUT2D eigenvalue weighted by Crippen LogP contribution is -2.41. The number of hydrogen-bond donors (Lipinski definition) is 1. The van der Waals surface area contributed by atoms with Crippen molar-refractivity contribution < 1.29 is 27.5 Å². The third-order valence-corrected chi connectivity index (χ3v) is 3.82. The lowest BCUT2D eigenvalue weighted by atomic mass is 10.2. The number of hydrogen-bond acceptors (Lipinski definition) is 3. The van der Waals surface area contributed by atoms with Crippen molar-refractivity contribution in [1.29, 1.82) is 0 Å². The molecule has 0 radical (unpaired) electrons. The van der Waals surface area contributed by atoms with Gasteiger partial charge in [-0.1, -0.05) is 11.6 Å². The number of amides is 1. The van der Waals surface area contributed by atoms with Crippen molar-refractivity contribution in [3.05, 3.63) is 55.6 Å². The Morgan fingerprint density at radius 1 is 1.23 bits per heavy atom. The molecule has 0 saturated carbocycles. The lowest BCUT2D eigenvalue weighted by molar-refractivity contribution is -0.144. The molecular weight excluding hydrogens is 386 g/mol. The van der Waals surface area contributed by atoms with Crippen LogP contribution in [0.25, 0.3) is 5.69 Å². The van der Waals surface area contributed by atoms with Crippen molar-refractivity contribution >= 4 is 23.4 Å². The summed E-state index contributed by atoms with van der Waals surface area (Å²) in [4.78, 5) is 35.9. The first kappa shape index (κ1) is 19.5. The summed E-state index contributed by atoms with van der Waals surface area (Å²) in [5, 5.41) is 8.64. The Kier molecular flexibility index (Phi) is 4.86. The molecule has 1 aromatic carbocycles. The van der Waals surface area contributed by atoms with Crippen LogP contribution in [-0.4, -0.2) is 27.4 Å². The zero-order chi connectivity index (χ0) is 20.0. The van der Waals surface area contributed by atoms with E-state index in [4.69, 9.17) is 16.7 Å². The molecule has 0 atom stereocenters. The Labute approximate surface area is 147 Å². The van der Waals surface area contributed by atoms with Crippen molar-refractivity contribution in [1.82, 2.24) is 9.13 Å². The standard InChI is InChI=1S/C14H10ClF4N3O4/c1-20(13(25)26)8-4-9(7(16)3-6(8)15)22-11(23)5-10(14(17,18)19)21(2)12(22)24/h3-5H,1-2H3,(H,25,26). The van der Waals surface area contributed by atoms with E-state index in [0.717, 1.165) is 20.2 Å². The number of nitrogens with zero attached hydrogens (tertiary/aromatic N) is 3. The van der Waals surface area contributed by atoms with Gasteiger partial charge in [-0.2, -0.15) is 13.2 Å². The molecular formula is C14H10ClF4N3O4. The molecule has 140 valence electrons.